The topological polar surface area (TPSA) is 67.5 Å². The fourth-order valence-corrected chi connectivity index (χ4v) is 4.25. The van der Waals surface area contributed by atoms with Crippen LogP contribution < -0.4 is 11.1 Å². The van der Waals surface area contributed by atoms with E-state index >= 15 is 0 Å². The van der Waals surface area contributed by atoms with Crippen molar-refractivity contribution in [2.24, 2.45) is 11.8 Å². The third-order valence-corrected chi connectivity index (χ3v) is 5.79. The molecule has 3 heterocycles. The lowest BCUT2D eigenvalue weighted by atomic mass is 9.92. The highest BCUT2D eigenvalue weighted by Crippen LogP contribution is 2.27. The van der Waals surface area contributed by atoms with E-state index < -0.39 is 5.76 Å². The maximum Gasteiger partial charge on any atom is 0.419 e. The number of aromatic nitrogens is 1. The van der Waals surface area contributed by atoms with Gasteiger partial charge in [-0.1, -0.05) is 11.6 Å². The van der Waals surface area contributed by atoms with E-state index in [2.05, 4.69) is 5.32 Å². The number of fused-ring (bicyclic) bond motifs is 2. The van der Waals surface area contributed by atoms with Crippen LogP contribution in [0.3, 0.4) is 0 Å². The average molecular weight is 400 g/mol. The van der Waals surface area contributed by atoms with Crippen molar-refractivity contribution in [3.8, 4) is 0 Å². The second kappa shape index (κ2) is 8.03. The zero-order valence-corrected chi connectivity index (χ0v) is 16.0. The maximum absolute atomic E-state index is 12.6. The van der Waals surface area contributed by atoms with Gasteiger partial charge in [0.1, 0.15) is 0 Å². The molecule has 0 unspecified atom stereocenters. The summed E-state index contributed by atoms with van der Waals surface area (Å²) < 4.78 is 6.73. The third kappa shape index (κ3) is 3.77. The minimum absolute atomic E-state index is 0. The van der Waals surface area contributed by atoms with Gasteiger partial charge in [-0.2, -0.15) is 0 Å². The monoisotopic (exact) mass is 399 g/mol. The zero-order chi connectivity index (χ0) is 17.4. The van der Waals surface area contributed by atoms with Crippen molar-refractivity contribution in [1.82, 2.24) is 14.8 Å². The van der Waals surface area contributed by atoms with Crippen molar-refractivity contribution in [2.75, 3.05) is 26.2 Å². The number of hydrogen-bond acceptors (Lipinski definition) is 4. The van der Waals surface area contributed by atoms with E-state index in [1.165, 1.54) is 4.57 Å². The molecule has 142 valence electrons. The lowest BCUT2D eigenvalue weighted by Gasteiger charge is -2.21. The van der Waals surface area contributed by atoms with Crippen LogP contribution in [-0.4, -0.2) is 41.6 Å². The number of nitrogens with zero attached hydrogens (tertiary/aromatic N) is 2. The molecule has 2 aliphatic heterocycles. The fraction of sp³-hybridized carbons (Fsp3) is 0.556. The summed E-state index contributed by atoms with van der Waals surface area (Å²) in [5.74, 6) is 1.07. The number of likely N-dealkylation sites (tertiary alicyclic amines) is 1. The van der Waals surface area contributed by atoms with Gasteiger partial charge in [-0.15, -0.1) is 12.4 Å². The van der Waals surface area contributed by atoms with Gasteiger partial charge >= 0.3 is 5.76 Å². The number of carbonyl (C=O) groups excluding carboxylic acids is 1. The summed E-state index contributed by atoms with van der Waals surface area (Å²) >= 11 is 5.93. The Balaban J connectivity index is 0.00000196. The zero-order valence-electron chi connectivity index (χ0n) is 14.4. The second-order valence-corrected chi connectivity index (χ2v) is 7.45. The van der Waals surface area contributed by atoms with Crippen LogP contribution >= 0.6 is 24.0 Å². The predicted octanol–water partition coefficient (Wildman–Crippen LogP) is 2.52. The van der Waals surface area contributed by atoms with Crippen LogP contribution in [0.1, 0.15) is 19.3 Å². The molecule has 0 saturated carbocycles. The Morgan fingerprint density at radius 2 is 1.92 bits per heavy atom. The first kappa shape index (κ1) is 19.3. The molecule has 0 radical (unpaired) electrons. The summed E-state index contributed by atoms with van der Waals surface area (Å²) in [6, 6.07) is 5.10. The lowest BCUT2D eigenvalue weighted by Crippen LogP contribution is -2.33. The maximum atomic E-state index is 12.6. The summed E-state index contributed by atoms with van der Waals surface area (Å²) in [6.45, 7) is 4.12. The molecule has 0 spiro atoms. The molecule has 1 aromatic heterocycles. The first-order chi connectivity index (χ1) is 12.1. The summed E-state index contributed by atoms with van der Waals surface area (Å²) in [6.07, 6.45) is 2.44. The van der Waals surface area contributed by atoms with Crippen molar-refractivity contribution in [2.45, 2.75) is 25.8 Å². The van der Waals surface area contributed by atoms with E-state index in [4.69, 9.17) is 16.0 Å². The van der Waals surface area contributed by atoms with E-state index in [9.17, 15) is 9.59 Å². The number of hydrogen-bond donors (Lipinski definition) is 1. The molecule has 26 heavy (non-hydrogen) atoms. The number of halogens is 2. The SMILES string of the molecule is Cl.O=C(CCn1c(=O)oc2cc(Cl)ccc21)N1CC[C@@H]2CNC[C@@H]2CC1. The van der Waals surface area contributed by atoms with Crippen LogP contribution in [-0.2, 0) is 11.3 Å². The first-order valence-electron chi connectivity index (χ1n) is 8.89. The van der Waals surface area contributed by atoms with Crippen molar-refractivity contribution < 1.29 is 9.21 Å². The Labute approximate surface area is 162 Å². The molecule has 2 saturated heterocycles. The predicted molar refractivity (Wildman–Crippen MR) is 103 cm³/mol. The lowest BCUT2D eigenvalue weighted by molar-refractivity contribution is -0.131. The molecule has 2 aromatic rings. The van der Waals surface area contributed by atoms with Gasteiger partial charge in [0.2, 0.25) is 5.91 Å². The van der Waals surface area contributed by atoms with Gasteiger partial charge in [0.25, 0.3) is 0 Å². The molecule has 4 rings (SSSR count). The highest BCUT2D eigenvalue weighted by atomic mass is 35.5. The molecule has 0 bridgehead atoms. The number of amides is 1. The van der Waals surface area contributed by atoms with E-state index in [-0.39, 0.29) is 18.3 Å². The molecule has 1 amide bonds. The number of nitrogens with one attached hydrogen (secondary N) is 1. The highest BCUT2D eigenvalue weighted by molar-refractivity contribution is 6.31. The minimum atomic E-state index is -0.443. The molecule has 0 aliphatic carbocycles. The highest BCUT2D eigenvalue weighted by Gasteiger charge is 2.31. The molecule has 1 N–H and O–H groups in total. The van der Waals surface area contributed by atoms with Crippen molar-refractivity contribution in [3.05, 3.63) is 33.8 Å². The molecular formula is C18H23Cl2N3O3. The van der Waals surface area contributed by atoms with Crippen LogP contribution in [0, 0.1) is 11.8 Å². The average Bonchev–Trinajstić information content (AvgIpc) is 3.10. The number of aryl methyl sites for hydroxylation is 1. The number of oxazole rings is 1. The summed E-state index contributed by atoms with van der Waals surface area (Å²) in [7, 11) is 0. The Bertz CT molecular complexity index is 834. The Hall–Kier alpha value is -1.50. The Morgan fingerprint density at radius 3 is 2.62 bits per heavy atom. The van der Waals surface area contributed by atoms with Gasteiger partial charge in [-0.25, -0.2) is 4.79 Å². The number of rotatable bonds is 3. The standard InChI is InChI=1S/C18H22ClN3O3.ClH/c19-14-1-2-15-16(9-14)25-18(24)22(15)8-5-17(23)21-6-3-12-10-20-11-13(12)4-7-21;/h1-2,9,12-13,20H,3-8,10-11H2;1H/t12-,13+;. The van der Waals surface area contributed by atoms with Crippen molar-refractivity contribution >= 4 is 41.0 Å². The second-order valence-electron chi connectivity index (χ2n) is 7.02. The van der Waals surface area contributed by atoms with Gasteiger partial charge < -0.3 is 14.6 Å². The third-order valence-electron chi connectivity index (χ3n) is 5.55. The van der Waals surface area contributed by atoms with Gasteiger partial charge in [-0.3, -0.25) is 9.36 Å². The quantitative estimate of drug-likeness (QED) is 0.860. The fourth-order valence-electron chi connectivity index (χ4n) is 4.09. The molecule has 2 fully saturated rings. The minimum Gasteiger partial charge on any atom is -0.408 e. The molecular weight excluding hydrogens is 377 g/mol. The Kier molecular flexibility index (Phi) is 5.95. The van der Waals surface area contributed by atoms with Crippen LogP contribution in [0.2, 0.25) is 5.02 Å². The van der Waals surface area contributed by atoms with E-state index in [0.29, 0.717) is 40.9 Å². The Morgan fingerprint density at radius 1 is 1.23 bits per heavy atom. The van der Waals surface area contributed by atoms with Gasteiger partial charge in [0.15, 0.2) is 5.58 Å². The first-order valence-corrected chi connectivity index (χ1v) is 9.27. The van der Waals surface area contributed by atoms with Crippen LogP contribution in [0.15, 0.2) is 27.4 Å². The number of carbonyl (C=O) groups is 1. The number of benzene rings is 1. The molecule has 1 aromatic carbocycles. The van der Waals surface area contributed by atoms with Crippen LogP contribution in [0.25, 0.3) is 11.1 Å². The molecule has 6 nitrogen and oxygen atoms in total. The normalized spacial score (nSPS) is 22.7. The summed E-state index contributed by atoms with van der Waals surface area (Å²) in [5, 5.41) is 3.97. The van der Waals surface area contributed by atoms with E-state index in [0.717, 1.165) is 39.0 Å². The van der Waals surface area contributed by atoms with E-state index in [1.54, 1.807) is 18.2 Å². The molecule has 8 heteroatoms. The smallest absolute Gasteiger partial charge is 0.408 e. The summed E-state index contributed by atoms with van der Waals surface area (Å²) in [4.78, 5) is 26.6. The summed E-state index contributed by atoms with van der Waals surface area (Å²) in [5.41, 5.74) is 1.14. The van der Waals surface area contributed by atoms with Gasteiger partial charge in [0, 0.05) is 37.1 Å². The van der Waals surface area contributed by atoms with Crippen molar-refractivity contribution in [1.29, 1.82) is 0 Å². The largest absolute Gasteiger partial charge is 0.419 e. The van der Waals surface area contributed by atoms with Gasteiger partial charge in [-0.05, 0) is 49.9 Å². The molecule has 2 atom stereocenters. The van der Waals surface area contributed by atoms with Gasteiger partial charge in [0.05, 0.1) is 5.52 Å². The van der Waals surface area contributed by atoms with Crippen LogP contribution in [0.5, 0.6) is 0 Å². The van der Waals surface area contributed by atoms with Crippen LogP contribution in [0.4, 0.5) is 0 Å². The van der Waals surface area contributed by atoms with E-state index in [1.807, 2.05) is 4.90 Å². The molecule has 2 aliphatic rings. The van der Waals surface area contributed by atoms with Crippen molar-refractivity contribution in [3.63, 3.8) is 0 Å².